The number of hydrogen-bond donors (Lipinski definition) is 2. The largest absolute Gasteiger partial charge is 0.469 e. The molecule has 0 heterocycles. The van der Waals surface area contributed by atoms with Crippen LogP contribution in [0.25, 0.3) is 0 Å². The summed E-state index contributed by atoms with van der Waals surface area (Å²) in [6, 6.07) is -1.44. The maximum Gasteiger partial charge on any atom is 0.417 e. The second-order valence-corrected chi connectivity index (χ2v) is 13.7. The Morgan fingerprint density at radius 3 is 1.67 bits per heavy atom. The zero-order chi connectivity index (χ0) is 39.7. The number of esters is 4. The van der Waals surface area contributed by atoms with E-state index in [9.17, 15) is 38.4 Å². The van der Waals surface area contributed by atoms with E-state index in [-0.39, 0.29) is 89.6 Å². The molecule has 3 aliphatic carbocycles. The number of carbonyl (C=O) groups is 8. The maximum atomic E-state index is 13.2. The van der Waals surface area contributed by atoms with E-state index in [0.717, 1.165) is 41.9 Å². The lowest BCUT2D eigenvalue weighted by Crippen LogP contribution is -2.47. The summed E-state index contributed by atoms with van der Waals surface area (Å²) in [5.74, 6) is -0.868. The first-order valence-corrected chi connectivity index (χ1v) is 18.8. The SMILES string of the molecule is CCOC(=O)CCNC(=O)N(CCC1CCC2C1C1CCC2(CCN(C(=O)NCCC(=O)OCC)C(=O)OCCC(=O)OC)C1)C(=O)OCCC(=O)OC. The second-order valence-electron chi connectivity index (χ2n) is 13.7. The molecule has 0 saturated heterocycles. The van der Waals surface area contributed by atoms with Crippen molar-refractivity contribution in [1.29, 1.82) is 0 Å². The summed E-state index contributed by atoms with van der Waals surface area (Å²) >= 11 is 0. The third-order valence-corrected chi connectivity index (χ3v) is 10.7. The fraction of sp³-hybridized carbons (Fsp3) is 0.778. The van der Waals surface area contributed by atoms with Crippen LogP contribution >= 0.6 is 0 Å². The number of amides is 6. The zero-order valence-corrected chi connectivity index (χ0v) is 31.9. The highest BCUT2D eigenvalue weighted by atomic mass is 16.6. The van der Waals surface area contributed by atoms with Crippen LogP contribution in [0.2, 0.25) is 0 Å². The number of hydrogen-bond acceptors (Lipinski definition) is 14. The van der Waals surface area contributed by atoms with Crippen molar-refractivity contribution in [3.63, 3.8) is 0 Å². The van der Waals surface area contributed by atoms with Crippen molar-refractivity contribution < 1.29 is 66.8 Å². The van der Waals surface area contributed by atoms with Crippen molar-refractivity contribution in [3.8, 4) is 0 Å². The summed E-state index contributed by atoms with van der Waals surface area (Å²) in [7, 11) is 2.44. The monoisotopic (exact) mass is 768 g/mol. The first-order valence-electron chi connectivity index (χ1n) is 18.8. The molecule has 3 aliphatic rings. The number of ether oxygens (including phenoxy) is 6. The average Bonchev–Trinajstić information content (AvgIpc) is 3.85. The van der Waals surface area contributed by atoms with Gasteiger partial charge in [0.15, 0.2) is 0 Å². The van der Waals surface area contributed by atoms with Gasteiger partial charge in [0.05, 0.1) is 53.1 Å². The number of carbonyl (C=O) groups excluding carboxylic acids is 8. The normalized spacial score (nSPS) is 21.9. The van der Waals surface area contributed by atoms with Crippen molar-refractivity contribution in [2.75, 3.05) is 66.8 Å². The van der Waals surface area contributed by atoms with Gasteiger partial charge in [-0.15, -0.1) is 0 Å². The zero-order valence-electron chi connectivity index (χ0n) is 31.9. The van der Waals surface area contributed by atoms with Crippen LogP contribution in [0.1, 0.15) is 84.5 Å². The number of nitrogens with zero attached hydrogens (tertiary/aromatic N) is 2. The quantitative estimate of drug-likeness (QED) is 0.134. The van der Waals surface area contributed by atoms with Crippen LogP contribution in [-0.2, 0) is 47.6 Å². The Balaban J connectivity index is 1.65. The molecule has 0 radical (unpaired) electrons. The fourth-order valence-corrected chi connectivity index (χ4v) is 8.33. The molecule has 18 heteroatoms. The lowest BCUT2D eigenvalue weighted by atomic mass is 9.68. The van der Waals surface area contributed by atoms with Crippen molar-refractivity contribution in [1.82, 2.24) is 20.4 Å². The van der Waals surface area contributed by atoms with E-state index in [1.54, 1.807) is 13.8 Å². The topological polar surface area (TPSA) is 222 Å². The van der Waals surface area contributed by atoms with Gasteiger partial charge in [-0.1, -0.05) is 0 Å². The number of fused-ring (bicyclic) bond motifs is 5. The summed E-state index contributed by atoms with van der Waals surface area (Å²) in [4.78, 5) is 101. The Labute approximate surface area is 315 Å². The number of nitrogens with one attached hydrogen (secondary N) is 2. The molecule has 0 aliphatic heterocycles. The molecule has 0 aromatic carbocycles. The van der Waals surface area contributed by atoms with Gasteiger partial charge in [-0.2, -0.15) is 0 Å². The summed E-state index contributed by atoms with van der Waals surface area (Å²) < 4.78 is 29.5. The molecule has 0 aromatic rings. The van der Waals surface area contributed by atoms with Gasteiger partial charge in [0, 0.05) is 26.2 Å². The van der Waals surface area contributed by atoms with E-state index in [1.807, 2.05) is 0 Å². The van der Waals surface area contributed by atoms with Crippen LogP contribution in [0.3, 0.4) is 0 Å². The maximum absolute atomic E-state index is 13.2. The Hall–Kier alpha value is -4.64. The molecule has 6 amide bonds. The van der Waals surface area contributed by atoms with Gasteiger partial charge in [0.2, 0.25) is 0 Å². The number of urea groups is 2. The highest BCUT2D eigenvalue weighted by molar-refractivity contribution is 5.91. The van der Waals surface area contributed by atoms with Gasteiger partial charge in [0.1, 0.15) is 13.2 Å². The highest BCUT2D eigenvalue weighted by Crippen LogP contribution is 2.68. The van der Waals surface area contributed by atoms with E-state index < -0.39 is 48.1 Å². The molecule has 3 fully saturated rings. The van der Waals surface area contributed by atoms with Crippen LogP contribution in [0.5, 0.6) is 0 Å². The molecule has 0 aromatic heterocycles. The summed E-state index contributed by atoms with van der Waals surface area (Å²) in [6.45, 7) is 3.27. The Kier molecular flexibility index (Phi) is 17.8. The Morgan fingerprint density at radius 2 is 1.17 bits per heavy atom. The molecule has 2 bridgehead atoms. The molecule has 0 spiro atoms. The van der Waals surface area contributed by atoms with Crippen LogP contribution in [0, 0.1) is 29.1 Å². The Bertz CT molecular complexity index is 1340. The second kappa shape index (κ2) is 21.9. The molecule has 54 heavy (non-hydrogen) atoms. The molecular weight excluding hydrogens is 712 g/mol. The first kappa shape index (κ1) is 43.8. The van der Waals surface area contributed by atoms with Gasteiger partial charge in [-0.3, -0.25) is 19.2 Å². The molecule has 304 valence electrons. The minimum Gasteiger partial charge on any atom is -0.469 e. The van der Waals surface area contributed by atoms with Crippen molar-refractivity contribution >= 4 is 48.1 Å². The van der Waals surface area contributed by atoms with E-state index in [1.165, 1.54) is 14.2 Å². The number of methoxy groups -OCH3 is 2. The van der Waals surface area contributed by atoms with E-state index >= 15 is 0 Å². The van der Waals surface area contributed by atoms with Crippen molar-refractivity contribution in [3.05, 3.63) is 0 Å². The van der Waals surface area contributed by atoms with Gasteiger partial charge in [-0.05, 0) is 87.9 Å². The van der Waals surface area contributed by atoms with E-state index in [0.29, 0.717) is 30.6 Å². The molecule has 3 rings (SSSR count). The summed E-state index contributed by atoms with van der Waals surface area (Å²) in [5.41, 5.74) is -0.128. The van der Waals surface area contributed by atoms with E-state index in [4.69, 9.17) is 18.9 Å². The molecule has 3 saturated carbocycles. The fourth-order valence-electron chi connectivity index (χ4n) is 8.33. The molecule has 2 N–H and O–H groups in total. The standard InChI is InChI=1S/C36H56N4O14/c1-5-51-29(43)10-17-37-32(45)39(34(47)53-21-13-27(41)49-3)19-12-24-7-8-26-31(24)25-9-15-36(26,23-25)16-20-40(35(48)54-22-14-28(42)50-4)33(46)38-18-11-30(44)52-6-2/h24-26,31H,5-23H2,1-4H3,(H,37,45)(H,38,46). The lowest BCUT2D eigenvalue weighted by Gasteiger charge is -2.38. The predicted octanol–water partition coefficient (Wildman–Crippen LogP) is 3.54. The third kappa shape index (κ3) is 12.5. The highest BCUT2D eigenvalue weighted by Gasteiger charge is 2.61. The summed E-state index contributed by atoms with van der Waals surface area (Å²) in [6.07, 6.45) is 3.37. The minimum atomic E-state index is -0.911. The Morgan fingerprint density at radius 1 is 0.648 bits per heavy atom. The van der Waals surface area contributed by atoms with Gasteiger partial charge >= 0.3 is 48.1 Å². The van der Waals surface area contributed by atoms with Gasteiger partial charge in [0.25, 0.3) is 0 Å². The average molecular weight is 769 g/mol. The predicted molar refractivity (Wildman–Crippen MR) is 187 cm³/mol. The van der Waals surface area contributed by atoms with Gasteiger partial charge < -0.3 is 39.1 Å². The first-order chi connectivity index (χ1) is 25.9. The molecular formula is C36H56N4O14. The lowest BCUT2D eigenvalue weighted by molar-refractivity contribution is -0.143. The number of rotatable bonds is 20. The summed E-state index contributed by atoms with van der Waals surface area (Å²) in [5, 5.41) is 5.18. The van der Waals surface area contributed by atoms with Gasteiger partial charge in [-0.25, -0.2) is 29.0 Å². The molecule has 18 nitrogen and oxygen atoms in total. The van der Waals surface area contributed by atoms with Crippen molar-refractivity contribution in [2.45, 2.75) is 84.5 Å². The molecule has 5 unspecified atom stereocenters. The van der Waals surface area contributed by atoms with Crippen LogP contribution in [-0.4, -0.2) is 125 Å². The smallest absolute Gasteiger partial charge is 0.417 e. The number of imide groups is 2. The molecule has 5 atom stereocenters. The van der Waals surface area contributed by atoms with Crippen LogP contribution in [0.4, 0.5) is 19.2 Å². The van der Waals surface area contributed by atoms with E-state index in [2.05, 4.69) is 20.1 Å². The van der Waals surface area contributed by atoms with Crippen LogP contribution < -0.4 is 10.6 Å². The van der Waals surface area contributed by atoms with Crippen LogP contribution in [0.15, 0.2) is 0 Å². The van der Waals surface area contributed by atoms with Crippen molar-refractivity contribution in [2.24, 2.45) is 29.1 Å². The third-order valence-electron chi connectivity index (χ3n) is 10.7. The minimum absolute atomic E-state index is 0.0392.